The normalized spacial score (nSPS) is 11.7. The van der Waals surface area contributed by atoms with Gasteiger partial charge in [-0.05, 0) is 46.7 Å². The van der Waals surface area contributed by atoms with Crippen molar-refractivity contribution in [1.29, 1.82) is 0 Å². The predicted molar refractivity (Wildman–Crippen MR) is 89.3 cm³/mol. The number of primary sulfonamides is 1. The Morgan fingerprint density at radius 1 is 1.15 bits per heavy atom. The molecule has 3 aromatic rings. The standard InChI is InChI=1S/C14H12N6O5S/c15-13-12(19-25-20-13)14(21)18-17-7-9-3-6-11(24-9)8-1-4-10(5-2-8)26(16,22)23/h1-7H,(H2,15,20)(H,18,21)(H2,16,22,23). The molecule has 0 spiro atoms. The molecule has 0 saturated heterocycles. The van der Waals surface area contributed by atoms with E-state index in [0.29, 0.717) is 17.1 Å². The van der Waals surface area contributed by atoms with E-state index >= 15 is 0 Å². The van der Waals surface area contributed by atoms with Crippen molar-refractivity contribution < 1.29 is 22.3 Å². The molecule has 0 unspecified atom stereocenters. The molecule has 134 valence electrons. The quantitative estimate of drug-likeness (QED) is 0.420. The van der Waals surface area contributed by atoms with Gasteiger partial charge in [0.25, 0.3) is 5.91 Å². The Morgan fingerprint density at radius 3 is 2.50 bits per heavy atom. The van der Waals surface area contributed by atoms with E-state index in [1.807, 2.05) is 0 Å². The summed E-state index contributed by atoms with van der Waals surface area (Å²) in [5.74, 6) is -0.0166. The number of nitrogens with one attached hydrogen (secondary N) is 1. The summed E-state index contributed by atoms with van der Waals surface area (Å²) in [5, 5.41) is 15.4. The zero-order chi connectivity index (χ0) is 18.7. The third-order valence-corrected chi connectivity index (χ3v) is 4.11. The molecule has 12 heteroatoms. The fourth-order valence-corrected chi connectivity index (χ4v) is 2.46. The second-order valence-electron chi connectivity index (χ2n) is 4.97. The molecule has 0 atom stereocenters. The molecule has 2 aromatic heterocycles. The van der Waals surface area contributed by atoms with Gasteiger partial charge in [0.15, 0.2) is 0 Å². The van der Waals surface area contributed by atoms with E-state index in [4.69, 9.17) is 15.3 Å². The first kappa shape index (κ1) is 17.3. The van der Waals surface area contributed by atoms with E-state index in [-0.39, 0.29) is 16.4 Å². The zero-order valence-electron chi connectivity index (χ0n) is 13.0. The van der Waals surface area contributed by atoms with E-state index in [1.165, 1.54) is 18.3 Å². The summed E-state index contributed by atoms with van der Waals surface area (Å²) in [6, 6.07) is 9.14. The SMILES string of the molecule is Nc1nonc1C(=O)NN=Cc1ccc(-c2ccc(S(N)(=O)=O)cc2)o1. The number of hydrazone groups is 1. The minimum Gasteiger partial charge on any atom is -0.455 e. The van der Waals surface area contributed by atoms with Gasteiger partial charge < -0.3 is 10.2 Å². The van der Waals surface area contributed by atoms with Crippen LogP contribution in [0.1, 0.15) is 16.2 Å². The van der Waals surface area contributed by atoms with Crippen LogP contribution in [0.3, 0.4) is 0 Å². The van der Waals surface area contributed by atoms with Gasteiger partial charge in [-0.3, -0.25) is 4.79 Å². The van der Waals surface area contributed by atoms with Crippen LogP contribution in [-0.4, -0.2) is 30.9 Å². The summed E-state index contributed by atoms with van der Waals surface area (Å²) >= 11 is 0. The number of rotatable bonds is 5. The van der Waals surface area contributed by atoms with Crippen molar-refractivity contribution in [3.63, 3.8) is 0 Å². The number of nitrogens with two attached hydrogens (primary N) is 2. The van der Waals surface area contributed by atoms with Gasteiger partial charge in [-0.2, -0.15) is 5.10 Å². The average Bonchev–Trinajstić information content (AvgIpc) is 3.23. The van der Waals surface area contributed by atoms with Gasteiger partial charge in [0.2, 0.25) is 21.5 Å². The van der Waals surface area contributed by atoms with E-state index in [2.05, 4.69) is 25.5 Å². The lowest BCUT2D eigenvalue weighted by Gasteiger charge is -2.00. The molecule has 1 aromatic carbocycles. The lowest BCUT2D eigenvalue weighted by atomic mass is 10.2. The van der Waals surface area contributed by atoms with Gasteiger partial charge in [-0.15, -0.1) is 0 Å². The first-order valence-corrected chi connectivity index (χ1v) is 8.54. The van der Waals surface area contributed by atoms with Crippen LogP contribution in [0.15, 0.2) is 55.4 Å². The van der Waals surface area contributed by atoms with Crippen LogP contribution in [0, 0.1) is 0 Å². The summed E-state index contributed by atoms with van der Waals surface area (Å²) in [6.07, 6.45) is 1.27. The Morgan fingerprint density at radius 2 is 1.88 bits per heavy atom. The maximum Gasteiger partial charge on any atom is 0.297 e. The zero-order valence-corrected chi connectivity index (χ0v) is 13.8. The number of carbonyl (C=O) groups excluding carboxylic acids is 1. The highest BCUT2D eigenvalue weighted by molar-refractivity contribution is 7.89. The summed E-state index contributed by atoms with van der Waals surface area (Å²) in [6.45, 7) is 0. The highest BCUT2D eigenvalue weighted by Gasteiger charge is 2.15. The number of hydrogen-bond donors (Lipinski definition) is 3. The van der Waals surface area contributed by atoms with Crippen molar-refractivity contribution in [2.75, 3.05) is 5.73 Å². The van der Waals surface area contributed by atoms with Gasteiger partial charge in [0.1, 0.15) is 11.5 Å². The molecule has 0 saturated carbocycles. The molecule has 5 N–H and O–H groups in total. The second-order valence-corrected chi connectivity index (χ2v) is 6.53. The smallest absolute Gasteiger partial charge is 0.297 e. The van der Waals surface area contributed by atoms with E-state index in [1.54, 1.807) is 24.3 Å². The topological polar surface area (TPSA) is 180 Å². The van der Waals surface area contributed by atoms with Crippen molar-refractivity contribution in [2.45, 2.75) is 4.90 Å². The number of hydrogen-bond acceptors (Lipinski definition) is 9. The number of nitrogen functional groups attached to an aromatic ring is 1. The summed E-state index contributed by atoms with van der Waals surface area (Å²) in [5.41, 5.74) is 8.04. The van der Waals surface area contributed by atoms with Crippen LogP contribution in [0.4, 0.5) is 5.82 Å². The maximum absolute atomic E-state index is 11.7. The third kappa shape index (κ3) is 3.76. The highest BCUT2D eigenvalue weighted by atomic mass is 32.2. The van der Waals surface area contributed by atoms with Crippen molar-refractivity contribution in [1.82, 2.24) is 15.7 Å². The molecule has 0 fully saturated rings. The van der Waals surface area contributed by atoms with E-state index in [0.717, 1.165) is 0 Å². The van der Waals surface area contributed by atoms with Gasteiger partial charge in [0.05, 0.1) is 11.1 Å². The molecule has 2 heterocycles. The lowest BCUT2D eigenvalue weighted by molar-refractivity contribution is 0.0946. The number of sulfonamides is 1. The van der Waals surface area contributed by atoms with E-state index in [9.17, 15) is 13.2 Å². The average molecular weight is 376 g/mol. The number of furan rings is 1. The van der Waals surface area contributed by atoms with E-state index < -0.39 is 15.9 Å². The van der Waals surface area contributed by atoms with Crippen LogP contribution in [0.25, 0.3) is 11.3 Å². The van der Waals surface area contributed by atoms with Crippen molar-refractivity contribution in [3.05, 3.63) is 47.9 Å². The fourth-order valence-electron chi connectivity index (χ4n) is 1.95. The van der Waals surface area contributed by atoms with Gasteiger partial charge in [-0.25, -0.2) is 23.6 Å². The molecule has 3 rings (SSSR count). The molecule has 0 aliphatic rings. The molecule has 0 bridgehead atoms. The molecular formula is C14H12N6O5S. The van der Waals surface area contributed by atoms with Crippen molar-refractivity contribution in [3.8, 4) is 11.3 Å². The van der Waals surface area contributed by atoms with Crippen LogP contribution < -0.4 is 16.3 Å². The molecule has 0 aliphatic carbocycles. The third-order valence-electron chi connectivity index (χ3n) is 3.18. The Hall–Kier alpha value is -3.51. The first-order chi connectivity index (χ1) is 12.3. The van der Waals surface area contributed by atoms with Crippen LogP contribution in [-0.2, 0) is 10.0 Å². The Balaban J connectivity index is 1.68. The number of aromatic nitrogens is 2. The monoisotopic (exact) mass is 376 g/mol. The molecule has 26 heavy (non-hydrogen) atoms. The second kappa shape index (κ2) is 6.78. The predicted octanol–water partition coefficient (Wildman–Crippen LogP) is 0.323. The Kier molecular flexibility index (Phi) is 4.51. The Labute approximate surface area is 146 Å². The summed E-state index contributed by atoms with van der Waals surface area (Å²) in [7, 11) is -3.76. The van der Waals surface area contributed by atoms with Crippen molar-refractivity contribution in [2.24, 2.45) is 10.2 Å². The first-order valence-electron chi connectivity index (χ1n) is 6.99. The minimum atomic E-state index is -3.76. The van der Waals surface area contributed by atoms with Crippen LogP contribution in [0.5, 0.6) is 0 Å². The fraction of sp³-hybridized carbons (Fsp3) is 0. The number of nitrogens with zero attached hydrogens (tertiary/aromatic N) is 3. The molecule has 0 aliphatic heterocycles. The maximum atomic E-state index is 11.7. The van der Waals surface area contributed by atoms with Crippen molar-refractivity contribution >= 4 is 28.0 Å². The molecule has 0 radical (unpaired) electrons. The largest absolute Gasteiger partial charge is 0.455 e. The lowest BCUT2D eigenvalue weighted by Crippen LogP contribution is -2.19. The van der Waals surface area contributed by atoms with Gasteiger partial charge in [-0.1, -0.05) is 0 Å². The van der Waals surface area contributed by atoms with Gasteiger partial charge in [0, 0.05) is 5.56 Å². The highest BCUT2D eigenvalue weighted by Crippen LogP contribution is 2.22. The number of benzene rings is 1. The number of amides is 1. The summed E-state index contributed by atoms with van der Waals surface area (Å²) in [4.78, 5) is 11.7. The molecular weight excluding hydrogens is 364 g/mol. The number of carbonyl (C=O) groups is 1. The summed E-state index contributed by atoms with van der Waals surface area (Å²) < 4.78 is 32.3. The van der Waals surface area contributed by atoms with Crippen LogP contribution >= 0.6 is 0 Å². The Bertz CT molecular complexity index is 1070. The number of anilines is 1. The molecule has 11 nitrogen and oxygen atoms in total. The molecule has 1 amide bonds. The van der Waals surface area contributed by atoms with Gasteiger partial charge >= 0.3 is 0 Å². The van der Waals surface area contributed by atoms with Crippen LogP contribution in [0.2, 0.25) is 0 Å². The minimum absolute atomic E-state index is 0.000997.